The summed E-state index contributed by atoms with van der Waals surface area (Å²) in [4.78, 5) is 25.4. The number of likely N-dealkylation sites (tertiary alicyclic amines) is 1. The van der Waals surface area contributed by atoms with Gasteiger partial charge in [0.1, 0.15) is 0 Å². The standard InChI is InChI=1S/C16H24N4O3/c1-12(21)17-15-6-8-20(18-15)13-5-7-19(11-13)16(22)10-14-4-2-3-9-23-14/h6,8,13-14H,2-5,7,9-11H2,1H3,(H,17,18,21)/t13-,14+/m0/s1. The summed E-state index contributed by atoms with van der Waals surface area (Å²) in [6.45, 7) is 3.67. The summed E-state index contributed by atoms with van der Waals surface area (Å²) in [5.41, 5.74) is 0. The largest absolute Gasteiger partial charge is 0.378 e. The SMILES string of the molecule is CC(=O)Nc1ccn([C@H]2CCN(C(=O)C[C@H]3CCCCO3)C2)n1. The molecule has 2 amide bonds. The van der Waals surface area contributed by atoms with E-state index in [0.717, 1.165) is 38.8 Å². The smallest absolute Gasteiger partial charge is 0.225 e. The van der Waals surface area contributed by atoms with Gasteiger partial charge in [0.2, 0.25) is 11.8 Å². The molecule has 2 aliphatic heterocycles. The van der Waals surface area contributed by atoms with Crippen molar-refractivity contribution in [3.63, 3.8) is 0 Å². The van der Waals surface area contributed by atoms with E-state index in [2.05, 4.69) is 10.4 Å². The van der Waals surface area contributed by atoms with E-state index in [1.54, 1.807) is 6.07 Å². The number of nitrogens with zero attached hydrogens (tertiary/aromatic N) is 3. The molecule has 0 aromatic carbocycles. The molecule has 1 N–H and O–H groups in total. The van der Waals surface area contributed by atoms with E-state index in [4.69, 9.17) is 4.74 Å². The van der Waals surface area contributed by atoms with Crippen LogP contribution < -0.4 is 5.32 Å². The molecule has 23 heavy (non-hydrogen) atoms. The van der Waals surface area contributed by atoms with E-state index in [1.165, 1.54) is 6.92 Å². The monoisotopic (exact) mass is 320 g/mol. The van der Waals surface area contributed by atoms with Crippen molar-refractivity contribution in [2.75, 3.05) is 25.0 Å². The topological polar surface area (TPSA) is 76.5 Å². The highest BCUT2D eigenvalue weighted by Crippen LogP contribution is 2.24. The predicted octanol–water partition coefficient (Wildman–Crippen LogP) is 1.57. The normalized spacial score (nSPS) is 24.7. The first-order chi connectivity index (χ1) is 11.1. The lowest BCUT2D eigenvalue weighted by atomic mass is 10.1. The highest BCUT2D eigenvalue weighted by Gasteiger charge is 2.29. The summed E-state index contributed by atoms with van der Waals surface area (Å²) >= 11 is 0. The lowest BCUT2D eigenvalue weighted by Crippen LogP contribution is -2.33. The third-order valence-corrected chi connectivity index (χ3v) is 4.48. The zero-order valence-electron chi connectivity index (χ0n) is 13.5. The summed E-state index contributed by atoms with van der Waals surface area (Å²) in [5.74, 6) is 0.595. The van der Waals surface area contributed by atoms with Crippen LogP contribution >= 0.6 is 0 Å². The van der Waals surface area contributed by atoms with Gasteiger partial charge in [-0.2, -0.15) is 5.10 Å². The predicted molar refractivity (Wildman–Crippen MR) is 85.0 cm³/mol. The van der Waals surface area contributed by atoms with Crippen molar-refractivity contribution in [3.8, 4) is 0 Å². The first kappa shape index (κ1) is 16.0. The molecule has 1 aromatic heterocycles. The van der Waals surface area contributed by atoms with Crippen LogP contribution in [0.2, 0.25) is 0 Å². The van der Waals surface area contributed by atoms with Crippen LogP contribution in [0.3, 0.4) is 0 Å². The fourth-order valence-corrected chi connectivity index (χ4v) is 3.26. The number of rotatable bonds is 4. The first-order valence-electron chi connectivity index (χ1n) is 8.34. The van der Waals surface area contributed by atoms with E-state index < -0.39 is 0 Å². The van der Waals surface area contributed by atoms with Crippen molar-refractivity contribution < 1.29 is 14.3 Å². The number of carbonyl (C=O) groups excluding carboxylic acids is 2. The molecule has 0 bridgehead atoms. The van der Waals surface area contributed by atoms with E-state index >= 15 is 0 Å². The molecule has 0 aliphatic carbocycles. The van der Waals surface area contributed by atoms with Gasteiger partial charge in [-0.05, 0) is 25.7 Å². The van der Waals surface area contributed by atoms with Crippen molar-refractivity contribution in [2.24, 2.45) is 0 Å². The molecule has 7 nitrogen and oxygen atoms in total. The number of anilines is 1. The van der Waals surface area contributed by atoms with Gasteiger partial charge in [0, 0.05) is 38.9 Å². The molecule has 126 valence electrons. The lowest BCUT2D eigenvalue weighted by molar-refractivity contribution is -0.134. The molecule has 0 unspecified atom stereocenters. The second-order valence-corrected chi connectivity index (χ2v) is 6.34. The number of hydrogen-bond acceptors (Lipinski definition) is 4. The van der Waals surface area contributed by atoms with Gasteiger partial charge in [0.05, 0.1) is 18.6 Å². The Morgan fingerprint density at radius 2 is 2.26 bits per heavy atom. The quantitative estimate of drug-likeness (QED) is 0.914. The van der Waals surface area contributed by atoms with Crippen molar-refractivity contribution in [3.05, 3.63) is 12.3 Å². The van der Waals surface area contributed by atoms with E-state index in [1.807, 2.05) is 15.8 Å². The molecule has 2 atom stereocenters. The lowest BCUT2D eigenvalue weighted by Gasteiger charge is -2.24. The average molecular weight is 320 g/mol. The zero-order valence-corrected chi connectivity index (χ0v) is 13.5. The minimum absolute atomic E-state index is 0.0892. The van der Waals surface area contributed by atoms with E-state index in [9.17, 15) is 9.59 Å². The van der Waals surface area contributed by atoms with Gasteiger partial charge in [0.25, 0.3) is 0 Å². The number of amides is 2. The Hall–Kier alpha value is -1.89. The number of nitrogens with one attached hydrogen (secondary N) is 1. The summed E-state index contributed by atoms with van der Waals surface area (Å²) in [6.07, 6.45) is 6.57. The van der Waals surface area contributed by atoms with Gasteiger partial charge >= 0.3 is 0 Å². The zero-order chi connectivity index (χ0) is 16.2. The molecule has 0 radical (unpaired) electrons. The minimum atomic E-state index is -0.133. The number of ether oxygens (including phenoxy) is 1. The van der Waals surface area contributed by atoms with Crippen LogP contribution in [0.1, 0.15) is 45.1 Å². The molecule has 2 aliphatic rings. The summed E-state index contributed by atoms with van der Waals surface area (Å²) in [6, 6.07) is 1.95. The molecule has 0 saturated carbocycles. The number of aromatic nitrogens is 2. The minimum Gasteiger partial charge on any atom is -0.378 e. The molecular weight excluding hydrogens is 296 g/mol. The Morgan fingerprint density at radius 3 is 3.00 bits per heavy atom. The van der Waals surface area contributed by atoms with Crippen molar-refractivity contribution in [1.82, 2.24) is 14.7 Å². The Balaban J connectivity index is 1.52. The molecule has 2 fully saturated rings. The van der Waals surface area contributed by atoms with E-state index in [0.29, 0.717) is 18.8 Å². The number of hydrogen-bond donors (Lipinski definition) is 1. The number of carbonyl (C=O) groups is 2. The molecule has 3 rings (SSSR count). The third kappa shape index (κ3) is 4.10. The van der Waals surface area contributed by atoms with Crippen LogP contribution in [0.4, 0.5) is 5.82 Å². The highest BCUT2D eigenvalue weighted by molar-refractivity contribution is 5.87. The van der Waals surface area contributed by atoms with Crippen LogP contribution in [0.25, 0.3) is 0 Å². The van der Waals surface area contributed by atoms with Gasteiger partial charge in [-0.25, -0.2) is 0 Å². The van der Waals surface area contributed by atoms with Crippen LogP contribution in [-0.4, -0.2) is 52.3 Å². The Morgan fingerprint density at radius 1 is 1.39 bits per heavy atom. The molecule has 2 saturated heterocycles. The van der Waals surface area contributed by atoms with Crippen LogP contribution in [0, 0.1) is 0 Å². The second kappa shape index (κ2) is 7.12. The Kier molecular flexibility index (Phi) is 4.95. The van der Waals surface area contributed by atoms with Gasteiger partial charge < -0.3 is 15.0 Å². The van der Waals surface area contributed by atoms with Crippen molar-refractivity contribution in [2.45, 2.75) is 51.2 Å². The van der Waals surface area contributed by atoms with Crippen LogP contribution in [0.5, 0.6) is 0 Å². The summed E-state index contributed by atoms with van der Waals surface area (Å²) in [5, 5.41) is 7.03. The van der Waals surface area contributed by atoms with E-state index in [-0.39, 0.29) is 24.0 Å². The Labute approximate surface area is 136 Å². The maximum atomic E-state index is 12.4. The maximum absolute atomic E-state index is 12.4. The average Bonchev–Trinajstić information content (AvgIpc) is 3.16. The van der Waals surface area contributed by atoms with Gasteiger partial charge in [0.15, 0.2) is 5.82 Å². The molecular formula is C16H24N4O3. The molecule has 7 heteroatoms. The molecule has 0 spiro atoms. The summed E-state index contributed by atoms with van der Waals surface area (Å²) in [7, 11) is 0. The van der Waals surface area contributed by atoms with Crippen LogP contribution in [0.15, 0.2) is 12.3 Å². The van der Waals surface area contributed by atoms with Gasteiger partial charge in [-0.1, -0.05) is 0 Å². The van der Waals surface area contributed by atoms with Crippen molar-refractivity contribution >= 4 is 17.6 Å². The second-order valence-electron chi connectivity index (χ2n) is 6.34. The summed E-state index contributed by atoms with van der Waals surface area (Å²) < 4.78 is 7.50. The van der Waals surface area contributed by atoms with Crippen LogP contribution in [-0.2, 0) is 14.3 Å². The van der Waals surface area contributed by atoms with Gasteiger partial charge in [-0.15, -0.1) is 0 Å². The molecule has 3 heterocycles. The Bertz CT molecular complexity index is 565. The van der Waals surface area contributed by atoms with Gasteiger partial charge in [-0.3, -0.25) is 14.3 Å². The highest BCUT2D eigenvalue weighted by atomic mass is 16.5. The maximum Gasteiger partial charge on any atom is 0.225 e. The fourth-order valence-electron chi connectivity index (χ4n) is 3.26. The molecule has 1 aromatic rings. The fraction of sp³-hybridized carbons (Fsp3) is 0.688. The first-order valence-corrected chi connectivity index (χ1v) is 8.34. The van der Waals surface area contributed by atoms with Crippen molar-refractivity contribution in [1.29, 1.82) is 0 Å². The third-order valence-electron chi connectivity index (χ3n) is 4.48.